The van der Waals surface area contributed by atoms with Gasteiger partial charge in [-0.15, -0.1) is 0 Å². The minimum absolute atomic E-state index is 0.101. The van der Waals surface area contributed by atoms with Crippen molar-refractivity contribution in [3.05, 3.63) is 70.6 Å². The van der Waals surface area contributed by atoms with Crippen LogP contribution in [0.1, 0.15) is 20.8 Å². The van der Waals surface area contributed by atoms with Gasteiger partial charge in [0.25, 0.3) is 0 Å². The molecule has 5 heteroatoms. The van der Waals surface area contributed by atoms with Gasteiger partial charge in [-0.3, -0.25) is 4.79 Å². The molecule has 0 aliphatic carbocycles. The van der Waals surface area contributed by atoms with Crippen molar-refractivity contribution in [2.75, 3.05) is 11.1 Å². The van der Waals surface area contributed by atoms with Crippen molar-refractivity contribution in [3.8, 4) is 0 Å². The molecule has 22 heavy (non-hydrogen) atoms. The van der Waals surface area contributed by atoms with Crippen molar-refractivity contribution in [1.82, 2.24) is 4.98 Å². The largest absolute Gasteiger partial charge is 0.382 e. The quantitative estimate of drug-likeness (QED) is 0.715. The Morgan fingerprint density at radius 2 is 1.77 bits per heavy atom. The summed E-state index contributed by atoms with van der Waals surface area (Å²) in [6, 6.07) is 17.1. The first-order chi connectivity index (χ1) is 10.6. The van der Waals surface area contributed by atoms with Crippen molar-refractivity contribution >= 4 is 33.8 Å². The number of benzene rings is 2. The van der Waals surface area contributed by atoms with Crippen LogP contribution in [0.4, 0.5) is 16.6 Å². The number of rotatable bonds is 4. The molecule has 2 aromatic carbocycles. The van der Waals surface area contributed by atoms with Crippen LogP contribution in [0.3, 0.4) is 0 Å². The Morgan fingerprint density at radius 1 is 1.09 bits per heavy atom. The Labute approximate surface area is 132 Å². The molecule has 1 aromatic heterocycles. The lowest BCUT2D eigenvalue weighted by molar-refractivity contribution is 0.104. The number of hydrogen-bond acceptors (Lipinski definition) is 5. The highest BCUT2D eigenvalue weighted by molar-refractivity contribution is 7.18. The van der Waals surface area contributed by atoms with Crippen molar-refractivity contribution in [3.63, 3.8) is 0 Å². The van der Waals surface area contributed by atoms with Crippen molar-refractivity contribution in [2.45, 2.75) is 6.92 Å². The molecule has 110 valence electrons. The predicted molar refractivity (Wildman–Crippen MR) is 90.9 cm³/mol. The molecule has 3 rings (SSSR count). The fourth-order valence-corrected chi connectivity index (χ4v) is 2.90. The van der Waals surface area contributed by atoms with Gasteiger partial charge in [0.05, 0.1) is 0 Å². The van der Waals surface area contributed by atoms with Gasteiger partial charge in [-0.1, -0.05) is 59.4 Å². The molecule has 0 saturated heterocycles. The maximum atomic E-state index is 12.5. The van der Waals surface area contributed by atoms with Crippen LogP contribution >= 0.6 is 11.3 Å². The Morgan fingerprint density at radius 3 is 2.45 bits per heavy atom. The zero-order valence-corrected chi connectivity index (χ0v) is 12.9. The highest BCUT2D eigenvalue weighted by Gasteiger charge is 2.17. The number of nitrogens with one attached hydrogen (secondary N) is 1. The Hall–Kier alpha value is -2.66. The highest BCUT2D eigenvalue weighted by Crippen LogP contribution is 2.29. The monoisotopic (exact) mass is 309 g/mol. The number of anilines is 3. The van der Waals surface area contributed by atoms with Crippen LogP contribution in [0.25, 0.3) is 0 Å². The van der Waals surface area contributed by atoms with Gasteiger partial charge >= 0.3 is 0 Å². The van der Waals surface area contributed by atoms with E-state index in [1.165, 1.54) is 11.3 Å². The molecule has 0 unspecified atom stereocenters. The van der Waals surface area contributed by atoms with Gasteiger partial charge < -0.3 is 11.1 Å². The third kappa shape index (κ3) is 2.99. The number of para-hydroxylation sites is 1. The van der Waals surface area contributed by atoms with E-state index < -0.39 is 0 Å². The molecule has 0 amide bonds. The summed E-state index contributed by atoms with van der Waals surface area (Å²) >= 11 is 1.26. The second-order valence-electron chi connectivity index (χ2n) is 4.92. The smallest absolute Gasteiger partial charge is 0.206 e. The highest BCUT2D eigenvalue weighted by atomic mass is 32.1. The van der Waals surface area contributed by atoms with Gasteiger partial charge in [-0.05, 0) is 19.1 Å². The molecule has 0 radical (unpaired) electrons. The zero-order chi connectivity index (χ0) is 15.5. The SMILES string of the molecule is Cc1ccc(C(=O)c2sc(Nc3ccccc3)nc2N)cc1. The standard InChI is InChI=1S/C17H15N3OS/c1-11-7-9-12(10-8-11)14(21)15-16(18)20-17(22-15)19-13-5-3-2-4-6-13/h2-10H,18H2,1H3,(H,19,20). The normalized spacial score (nSPS) is 10.4. The molecule has 0 aliphatic heterocycles. The van der Waals surface area contributed by atoms with E-state index in [1.807, 2.05) is 49.4 Å². The van der Waals surface area contributed by atoms with Crippen LogP contribution in [-0.2, 0) is 0 Å². The lowest BCUT2D eigenvalue weighted by Gasteiger charge is -2.00. The number of hydrogen-bond donors (Lipinski definition) is 2. The van der Waals surface area contributed by atoms with Gasteiger partial charge in [0, 0.05) is 11.3 Å². The molecule has 4 nitrogen and oxygen atoms in total. The van der Waals surface area contributed by atoms with E-state index in [4.69, 9.17) is 5.73 Å². The number of nitrogens with zero attached hydrogens (tertiary/aromatic N) is 1. The minimum Gasteiger partial charge on any atom is -0.382 e. The molecule has 0 aliphatic rings. The Kier molecular flexibility index (Phi) is 3.89. The van der Waals surface area contributed by atoms with Crippen LogP contribution in [0.15, 0.2) is 54.6 Å². The van der Waals surface area contributed by atoms with E-state index in [2.05, 4.69) is 10.3 Å². The fourth-order valence-electron chi connectivity index (χ4n) is 2.03. The van der Waals surface area contributed by atoms with Crippen LogP contribution in [0.2, 0.25) is 0 Å². The fraction of sp³-hybridized carbons (Fsp3) is 0.0588. The first-order valence-corrected chi connectivity index (χ1v) is 7.65. The topological polar surface area (TPSA) is 68.0 Å². The van der Waals surface area contributed by atoms with Crippen molar-refractivity contribution in [1.29, 1.82) is 0 Å². The summed E-state index contributed by atoms with van der Waals surface area (Å²) < 4.78 is 0. The minimum atomic E-state index is -0.101. The molecule has 0 saturated carbocycles. The number of aromatic nitrogens is 1. The molecule has 3 N–H and O–H groups in total. The summed E-state index contributed by atoms with van der Waals surface area (Å²) in [5, 5.41) is 3.77. The summed E-state index contributed by atoms with van der Waals surface area (Å²) in [5.41, 5.74) is 8.54. The second-order valence-corrected chi connectivity index (χ2v) is 5.92. The van der Waals surface area contributed by atoms with E-state index in [9.17, 15) is 4.79 Å². The number of ketones is 1. The van der Waals surface area contributed by atoms with Crippen molar-refractivity contribution in [2.24, 2.45) is 0 Å². The summed E-state index contributed by atoms with van der Waals surface area (Å²) in [5.74, 6) is 0.158. The average Bonchev–Trinajstić information content (AvgIpc) is 2.89. The number of nitrogens with two attached hydrogens (primary N) is 1. The third-order valence-corrected chi connectivity index (χ3v) is 4.18. The molecule has 0 fully saturated rings. The molecular formula is C17H15N3OS. The maximum Gasteiger partial charge on any atom is 0.206 e. The molecule has 0 bridgehead atoms. The summed E-state index contributed by atoms with van der Waals surface area (Å²) in [7, 11) is 0. The van der Waals surface area contributed by atoms with Crippen LogP contribution in [0, 0.1) is 6.92 Å². The Bertz CT molecular complexity index is 795. The van der Waals surface area contributed by atoms with Crippen LogP contribution in [0.5, 0.6) is 0 Å². The number of carbonyl (C=O) groups is 1. The van der Waals surface area contributed by atoms with Gasteiger partial charge in [0.15, 0.2) is 5.13 Å². The second kappa shape index (κ2) is 5.99. The zero-order valence-electron chi connectivity index (χ0n) is 12.0. The molecule has 0 spiro atoms. The Balaban J connectivity index is 1.86. The molecular weight excluding hydrogens is 294 g/mol. The number of carbonyl (C=O) groups excluding carboxylic acids is 1. The van der Waals surface area contributed by atoms with Gasteiger partial charge in [-0.25, -0.2) is 4.98 Å². The van der Waals surface area contributed by atoms with Gasteiger partial charge in [0.2, 0.25) is 5.78 Å². The third-order valence-electron chi connectivity index (χ3n) is 3.20. The van der Waals surface area contributed by atoms with E-state index >= 15 is 0 Å². The summed E-state index contributed by atoms with van der Waals surface area (Å²) in [4.78, 5) is 17.2. The lowest BCUT2D eigenvalue weighted by atomic mass is 10.1. The molecule has 3 aromatic rings. The first-order valence-electron chi connectivity index (χ1n) is 6.83. The lowest BCUT2D eigenvalue weighted by Crippen LogP contribution is -2.02. The van der Waals surface area contributed by atoms with Crippen LogP contribution in [-0.4, -0.2) is 10.8 Å². The maximum absolute atomic E-state index is 12.5. The number of aryl methyl sites for hydroxylation is 1. The predicted octanol–water partition coefficient (Wildman–Crippen LogP) is 4.01. The number of nitrogen functional groups attached to an aromatic ring is 1. The van der Waals surface area contributed by atoms with Gasteiger partial charge in [0.1, 0.15) is 10.7 Å². The first kappa shape index (κ1) is 14.3. The van der Waals surface area contributed by atoms with E-state index in [1.54, 1.807) is 12.1 Å². The van der Waals surface area contributed by atoms with Gasteiger partial charge in [-0.2, -0.15) is 0 Å². The molecule has 1 heterocycles. The number of thiazole rings is 1. The average molecular weight is 309 g/mol. The van der Waals surface area contributed by atoms with Crippen LogP contribution < -0.4 is 11.1 Å². The van der Waals surface area contributed by atoms with Crippen molar-refractivity contribution < 1.29 is 4.79 Å². The summed E-state index contributed by atoms with van der Waals surface area (Å²) in [6.07, 6.45) is 0. The molecule has 0 atom stereocenters. The summed E-state index contributed by atoms with van der Waals surface area (Å²) in [6.45, 7) is 1.98. The van der Waals surface area contributed by atoms with E-state index in [0.29, 0.717) is 15.6 Å². The van der Waals surface area contributed by atoms with E-state index in [-0.39, 0.29) is 11.6 Å². The van der Waals surface area contributed by atoms with E-state index in [0.717, 1.165) is 11.3 Å².